The molecule has 0 heterocycles. The summed E-state index contributed by atoms with van der Waals surface area (Å²) >= 11 is 0. The number of nitrogens with zero attached hydrogens (tertiary/aromatic N) is 2. The largest absolute Gasteiger partial charge is 0.377 e. The summed E-state index contributed by atoms with van der Waals surface area (Å²) in [5.74, 6) is 0. The summed E-state index contributed by atoms with van der Waals surface area (Å²) in [4.78, 5) is 4.79. The SMILES string of the molecule is CN(C)c1cccc2c1CC=C(S(=O)(=O)c1cccc3c(N(C)C)cccc13)[CH]2. The molecule has 0 fully saturated rings. The van der Waals surface area contributed by atoms with E-state index >= 15 is 0 Å². The Balaban J connectivity index is 1.81. The van der Waals surface area contributed by atoms with Gasteiger partial charge in [0.15, 0.2) is 0 Å². The fraction of sp³-hybridized carbons (Fsp3) is 0.208. The zero-order chi connectivity index (χ0) is 20.8. The van der Waals surface area contributed by atoms with E-state index in [-0.39, 0.29) is 0 Å². The highest BCUT2D eigenvalue weighted by Gasteiger charge is 2.27. The maximum atomic E-state index is 13.6. The second kappa shape index (κ2) is 7.23. The summed E-state index contributed by atoms with van der Waals surface area (Å²) < 4.78 is 27.2. The van der Waals surface area contributed by atoms with E-state index in [0.29, 0.717) is 16.2 Å². The van der Waals surface area contributed by atoms with Crippen molar-refractivity contribution in [2.75, 3.05) is 38.0 Å². The molecule has 3 aromatic rings. The standard InChI is InChI=1S/C24H25N2O2S/c1-25(2)22-11-5-8-17-16-18(14-15-19(17)22)29(27,28)24-13-7-9-20-21(24)10-6-12-23(20)26(3)4/h5-14,16H,15H2,1-4H3. The fourth-order valence-corrected chi connectivity index (χ4v) is 5.55. The van der Waals surface area contributed by atoms with Crippen LogP contribution in [0.5, 0.6) is 0 Å². The van der Waals surface area contributed by atoms with Gasteiger partial charge >= 0.3 is 0 Å². The molecule has 5 heteroatoms. The lowest BCUT2D eigenvalue weighted by Crippen LogP contribution is -2.16. The number of fused-ring (bicyclic) bond motifs is 2. The third kappa shape index (κ3) is 3.29. The first kappa shape index (κ1) is 19.5. The van der Waals surface area contributed by atoms with Gasteiger partial charge in [-0.3, -0.25) is 0 Å². The van der Waals surface area contributed by atoms with Crippen LogP contribution in [0, 0.1) is 6.42 Å². The van der Waals surface area contributed by atoms with Gasteiger partial charge in [-0.2, -0.15) is 0 Å². The van der Waals surface area contributed by atoms with Crippen molar-refractivity contribution in [3.63, 3.8) is 0 Å². The van der Waals surface area contributed by atoms with E-state index in [2.05, 4.69) is 11.0 Å². The molecule has 149 valence electrons. The average molecular weight is 406 g/mol. The average Bonchev–Trinajstić information content (AvgIpc) is 2.71. The van der Waals surface area contributed by atoms with Crippen molar-refractivity contribution >= 4 is 32.0 Å². The Bertz CT molecular complexity index is 1220. The van der Waals surface area contributed by atoms with Crippen molar-refractivity contribution in [1.29, 1.82) is 0 Å². The first-order valence-corrected chi connectivity index (χ1v) is 11.1. The molecule has 4 nitrogen and oxygen atoms in total. The van der Waals surface area contributed by atoms with Crippen molar-refractivity contribution in [2.24, 2.45) is 0 Å². The van der Waals surface area contributed by atoms with Gasteiger partial charge < -0.3 is 9.80 Å². The minimum atomic E-state index is -3.63. The maximum absolute atomic E-state index is 13.6. The van der Waals surface area contributed by atoms with Crippen LogP contribution in [0.25, 0.3) is 10.8 Å². The lowest BCUT2D eigenvalue weighted by Gasteiger charge is -2.24. The number of hydrogen-bond donors (Lipinski definition) is 0. The molecule has 0 unspecified atom stereocenters. The van der Waals surface area contributed by atoms with E-state index in [1.165, 1.54) is 0 Å². The maximum Gasteiger partial charge on any atom is 0.203 e. The van der Waals surface area contributed by atoms with E-state index in [1.54, 1.807) is 12.5 Å². The number of sulfone groups is 1. The predicted molar refractivity (Wildman–Crippen MR) is 121 cm³/mol. The molecule has 0 aromatic heterocycles. The summed E-state index contributed by atoms with van der Waals surface area (Å²) in [5, 5.41) is 1.69. The molecule has 3 aromatic carbocycles. The third-order valence-corrected chi connectivity index (χ3v) is 7.26. The molecule has 0 amide bonds. The van der Waals surface area contributed by atoms with E-state index in [0.717, 1.165) is 33.3 Å². The Morgan fingerprint density at radius 2 is 1.38 bits per heavy atom. The van der Waals surface area contributed by atoms with Gasteiger partial charge in [0.2, 0.25) is 9.84 Å². The van der Waals surface area contributed by atoms with Gasteiger partial charge in [0.1, 0.15) is 0 Å². The van der Waals surface area contributed by atoms with Crippen LogP contribution in [0.1, 0.15) is 11.1 Å². The summed E-state index contributed by atoms with van der Waals surface area (Å²) in [6, 6.07) is 17.3. The molecule has 0 saturated heterocycles. The second-order valence-corrected chi connectivity index (χ2v) is 9.64. The van der Waals surface area contributed by atoms with Crippen molar-refractivity contribution in [3.8, 4) is 0 Å². The van der Waals surface area contributed by atoms with Gasteiger partial charge in [0, 0.05) is 56.8 Å². The molecule has 0 saturated carbocycles. The van der Waals surface area contributed by atoms with Gasteiger partial charge in [-0.15, -0.1) is 0 Å². The smallest absolute Gasteiger partial charge is 0.203 e. The zero-order valence-electron chi connectivity index (χ0n) is 17.2. The number of allylic oxidation sites excluding steroid dienone is 2. The molecule has 29 heavy (non-hydrogen) atoms. The van der Waals surface area contributed by atoms with Crippen molar-refractivity contribution < 1.29 is 8.42 Å². The molecule has 1 radical (unpaired) electrons. The molecule has 4 rings (SSSR count). The van der Waals surface area contributed by atoms with Crippen LogP contribution < -0.4 is 9.80 Å². The van der Waals surface area contributed by atoms with Crippen LogP contribution in [0.15, 0.2) is 70.5 Å². The molecule has 0 atom stereocenters. The van der Waals surface area contributed by atoms with Crippen LogP contribution in [-0.4, -0.2) is 36.6 Å². The fourth-order valence-electron chi connectivity index (χ4n) is 3.99. The van der Waals surface area contributed by atoms with Crippen LogP contribution in [0.4, 0.5) is 11.4 Å². The van der Waals surface area contributed by atoms with Crippen LogP contribution in [0.2, 0.25) is 0 Å². The molecule has 1 aliphatic rings. The molecule has 0 bridgehead atoms. The van der Waals surface area contributed by atoms with Gasteiger partial charge in [0.05, 0.1) is 9.80 Å². The number of rotatable bonds is 4. The van der Waals surface area contributed by atoms with E-state index in [4.69, 9.17) is 0 Å². The van der Waals surface area contributed by atoms with Crippen molar-refractivity contribution in [2.45, 2.75) is 11.3 Å². The Kier molecular flexibility index (Phi) is 4.87. The van der Waals surface area contributed by atoms with E-state index in [9.17, 15) is 8.42 Å². The number of hydrogen-bond acceptors (Lipinski definition) is 4. The van der Waals surface area contributed by atoms with Gasteiger partial charge in [-0.05, 0) is 35.7 Å². The normalized spacial score (nSPS) is 13.7. The molecule has 0 N–H and O–H groups in total. The predicted octanol–water partition coefficient (Wildman–Crippen LogP) is 4.44. The number of benzene rings is 3. The van der Waals surface area contributed by atoms with E-state index in [1.807, 2.05) is 81.6 Å². The monoisotopic (exact) mass is 405 g/mol. The van der Waals surface area contributed by atoms with Gasteiger partial charge in [-0.1, -0.05) is 42.5 Å². The number of anilines is 2. The zero-order valence-corrected chi connectivity index (χ0v) is 18.0. The molecular weight excluding hydrogens is 380 g/mol. The Hall–Kier alpha value is -2.79. The molecular formula is C24H25N2O2S. The summed E-state index contributed by atoms with van der Waals surface area (Å²) in [6.07, 6.45) is 4.23. The summed E-state index contributed by atoms with van der Waals surface area (Å²) in [5.41, 5.74) is 4.24. The topological polar surface area (TPSA) is 40.6 Å². The first-order valence-electron chi connectivity index (χ1n) is 9.59. The molecule has 1 aliphatic carbocycles. The minimum Gasteiger partial charge on any atom is -0.377 e. The highest BCUT2D eigenvalue weighted by Crippen LogP contribution is 2.37. The molecule has 0 spiro atoms. The second-order valence-electron chi connectivity index (χ2n) is 7.72. The minimum absolute atomic E-state index is 0.355. The van der Waals surface area contributed by atoms with Crippen molar-refractivity contribution in [1.82, 2.24) is 0 Å². The Morgan fingerprint density at radius 3 is 2.10 bits per heavy atom. The highest BCUT2D eigenvalue weighted by atomic mass is 32.2. The lowest BCUT2D eigenvalue weighted by atomic mass is 9.95. The highest BCUT2D eigenvalue weighted by molar-refractivity contribution is 7.95. The lowest BCUT2D eigenvalue weighted by molar-refractivity contribution is 0.603. The summed E-state index contributed by atoms with van der Waals surface area (Å²) in [7, 11) is 4.30. The molecule has 0 aliphatic heterocycles. The Morgan fingerprint density at radius 1 is 0.759 bits per heavy atom. The van der Waals surface area contributed by atoms with E-state index < -0.39 is 9.84 Å². The van der Waals surface area contributed by atoms with Crippen LogP contribution in [-0.2, 0) is 16.3 Å². The third-order valence-electron chi connectivity index (χ3n) is 5.42. The summed E-state index contributed by atoms with van der Waals surface area (Å²) in [6.45, 7) is 0. The van der Waals surface area contributed by atoms with Crippen LogP contribution in [0.3, 0.4) is 0 Å². The van der Waals surface area contributed by atoms with Crippen molar-refractivity contribution in [3.05, 3.63) is 83.1 Å². The quantitative estimate of drug-likeness (QED) is 0.644. The van der Waals surface area contributed by atoms with Gasteiger partial charge in [0.25, 0.3) is 0 Å². The van der Waals surface area contributed by atoms with Crippen LogP contribution >= 0.6 is 0 Å². The van der Waals surface area contributed by atoms with Gasteiger partial charge in [-0.25, -0.2) is 8.42 Å². The first-order chi connectivity index (χ1) is 13.8. The Labute approximate surface area is 173 Å².